The maximum Gasteiger partial charge on any atom is 0.242 e. The summed E-state index contributed by atoms with van der Waals surface area (Å²) in [6.45, 7) is 8.62. The summed E-state index contributed by atoms with van der Waals surface area (Å²) in [6, 6.07) is 13.7. The van der Waals surface area contributed by atoms with Crippen LogP contribution < -0.4 is 5.32 Å². The van der Waals surface area contributed by atoms with E-state index in [1.54, 1.807) is 4.90 Å². The average Bonchev–Trinajstić information content (AvgIpc) is 2.96. The van der Waals surface area contributed by atoms with E-state index in [-0.39, 0.29) is 18.2 Å². The molecule has 1 aliphatic heterocycles. The lowest BCUT2D eigenvalue weighted by molar-refractivity contribution is -0.128. The van der Waals surface area contributed by atoms with E-state index < -0.39 is 5.25 Å². The van der Waals surface area contributed by atoms with E-state index in [1.807, 2.05) is 64.1 Å². The molecule has 1 N–H and O–H groups in total. The molecule has 0 radical (unpaired) electrons. The molecule has 2 aromatic rings. The number of amides is 2. The largest absolute Gasteiger partial charge is 0.326 e. The van der Waals surface area contributed by atoms with Gasteiger partial charge in [0.05, 0.1) is 5.69 Å². The van der Waals surface area contributed by atoms with Gasteiger partial charge in [0.25, 0.3) is 0 Å². The van der Waals surface area contributed by atoms with Crippen molar-refractivity contribution in [3.63, 3.8) is 0 Å². The van der Waals surface area contributed by atoms with Crippen molar-refractivity contribution < 1.29 is 9.59 Å². The van der Waals surface area contributed by atoms with Crippen molar-refractivity contribution in [2.45, 2.75) is 45.8 Å². The molecular weight excluding hydrogens is 382 g/mol. The number of thioether (sulfide) groups is 1. The first-order chi connectivity index (χ1) is 13.9. The number of nitrogens with zero attached hydrogens (tertiary/aromatic N) is 2. The summed E-state index contributed by atoms with van der Waals surface area (Å²) in [6.07, 6.45) is 0.962. The summed E-state index contributed by atoms with van der Waals surface area (Å²) in [7, 11) is 0. The smallest absolute Gasteiger partial charge is 0.242 e. The van der Waals surface area contributed by atoms with Gasteiger partial charge in [-0.05, 0) is 56.0 Å². The highest BCUT2D eigenvalue weighted by atomic mass is 32.2. The van der Waals surface area contributed by atoms with Gasteiger partial charge in [-0.2, -0.15) is 0 Å². The van der Waals surface area contributed by atoms with Gasteiger partial charge in [0.1, 0.15) is 5.25 Å². The van der Waals surface area contributed by atoms with E-state index in [9.17, 15) is 9.59 Å². The first-order valence-electron chi connectivity index (χ1n) is 9.88. The van der Waals surface area contributed by atoms with E-state index >= 15 is 0 Å². The summed E-state index contributed by atoms with van der Waals surface area (Å²) in [5.74, 6) is -0.199. The van der Waals surface area contributed by atoms with Crippen LogP contribution in [-0.2, 0) is 9.59 Å². The Balaban J connectivity index is 1.78. The Morgan fingerprint density at radius 2 is 1.90 bits per heavy atom. The molecule has 0 aliphatic carbocycles. The predicted octanol–water partition coefficient (Wildman–Crippen LogP) is 4.98. The van der Waals surface area contributed by atoms with Gasteiger partial charge >= 0.3 is 0 Å². The van der Waals surface area contributed by atoms with Crippen molar-refractivity contribution in [3.8, 4) is 0 Å². The van der Waals surface area contributed by atoms with E-state index in [2.05, 4.69) is 11.4 Å². The first kappa shape index (κ1) is 21.1. The number of carbonyl (C=O) groups excluding carboxylic acids is 2. The van der Waals surface area contributed by atoms with Gasteiger partial charge in [0.15, 0.2) is 5.17 Å². The molecule has 1 heterocycles. The molecule has 0 bridgehead atoms. The molecule has 152 valence electrons. The fraction of sp³-hybridized carbons (Fsp3) is 0.348. The average molecular weight is 410 g/mol. The zero-order valence-electron chi connectivity index (χ0n) is 17.4. The van der Waals surface area contributed by atoms with Crippen molar-refractivity contribution in [3.05, 3.63) is 59.2 Å². The monoisotopic (exact) mass is 409 g/mol. The first-order valence-corrected chi connectivity index (χ1v) is 10.8. The number of hydrogen-bond donors (Lipinski definition) is 1. The van der Waals surface area contributed by atoms with Crippen molar-refractivity contribution >= 4 is 40.1 Å². The van der Waals surface area contributed by atoms with Gasteiger partial charge < -0.3 is 5.32 Å². The highest BCUT2D eigenvalue weighted by Gasteiger charge is 2.38. The summed E-state index contributed by atoms with van der Waals surface area (Å²) in [5.41, 5.74) is 4.83. The van der Waals surface area contributed by atoms with Crippen molar-refractivity contribution in [1.82, 2.24) is 4.90 Å². The third-order valence-electron chi connectivity index (χ3n) is 4.84. The van der Waals surface area contributed by atoms with Crippen LogP contribution >= 0.6 is 11.8 Å². The summed E-state index contributed by atoms with van der Waals surface area (Å²) >= 11 is 1.38. The lowest BCUT2D eigenvalue weighted by Gasteiger charge is -2.15. The van der Waals surface area contributed by atoms with Crippen LogP contribution in [0, 0.1) is 20.8 Å². The molecule has 2 aromatic carbocycles. The molecule has 29 heavy (non-hydrogen) atoms. The number of nitrogens with one attached hydrogen (secondary N) is 1. The van der Waals surface area contributed by atoms with Crippen molar-refractivity contribution in [2.75, 3.05) is 11.9 Å². The Morgan fingerprint density at radius 3 is 2.62 bits per heavy atom. The summed E-state index contributed by atoms with van der Waals surface area (Å²) < 4.78 is 0. The Kier molecular flexibility index (Phi) is 6.75. The van der Waals surface area contributed by atoms with E-state index in [0.717, 1.165) is 34.5 Å². The van der Waals surface area contributed by atoms with Crippen molar-refractivity contribution in [1.29, 1.82) is 0 Å². The normalized spacial score (nSPS) is 17.8. The Hall–Kier alpha value is -2.60. The molecule has 1 saturated heterocycles. The number of anilines is 1. The fourth-order valence-electron chi connectivity index (χ4n) is 3.18. The van der Waals surface area contributed by atoms with E-state index in [4.69, 9.17) is 4.99 Å². The van der Waals surface area contributed by atoms with Gasteiger partial charge in [-0.25, -0.2) is 4.99 Å². The molecule has 0 spiro atoms. The van der Waals surface area contributed by atoms with Gasteiger partial charge in [-0.15, -0.1) is 0 Å². The second-order valence-electron chi connectivity index (χ2n) is 7.35. The minimum atomic E-state index is -0.450. The number of amidine groups is 1. The minimum Gasteiger partial charge on any atom is -0.326 e. The Bertz CT molecular complexity index is 955. The zero-order valence-corrected chi connectivity index (χ0v) is 18.2. The van der Waals surface area contributed by atoms with Gasteiger partial charge in [-0.3, -0.25) is 14.5 Å². The van der Waals surface area contributed by atoms with Crippen LogP contribution in [0.3, 0.4) is 0 Å². The summed E-state index contributed by atoms with van der Waals surface area (Å²) in [4.78, 5) is 32.0. The SMILES string of the molecule is CCCN1C(=O)[C@@H](CC(=O)Nc2ccccc2C)SC1=Nc1cc(C)ccc1C. The van der Waals surface area contributed by atoms with Crippen LogP contribution in [0.15, 0.2) is 47.5 Å². The topological polar surface area (TPSA) is 61.8 Å². The van der Waals surface area contributed by atoms with Crippen LogP contribution in [0.1, 0.15) is 36.5 Å². The molecule has 1 fully saturated rings. The maximum absolute atomic E-state index is 12.9. The Morgan fingerprint density at radius 1 is 1.14 bits per heavy atom. The van der Waals surface area contributed by atoms with Gasteiger partial charge in [-0.1, -0.05) is 49.0 Å². The van der Waals surface area contributed by atoms with E-state index in [0.29, 0.717) is 11.7 Å². The molecule has 0 saturated carbocycles. The fourth-order valence-corrected chi connectivity index (χ4v) is 4.36. The number of rotatable bonds is 6. The number of aliphatic imine (C=N–C) groups is 1. The predicted molar refractivity (Wildman–Crippen MR) is 121 cm³/mol. The van der Waals surface area contributed by atoms with Crippen molar-refractivity contribution in [2.24, 2.45) is 4.99 Å². The quantitative estimate of drug-likeness (QED) is 0.732. The molecule has 3 rings (SSSR count). The maximum atomic E-state index is 12.9. The summed E-state index contributed by atoms with van der Waals surface area (Å²) in [5, 5.41) is 3.15. The van der Waals surface area contributed by atoms with Crippen LogP contribution in [0.5, 0.6) is 0 Å². The second kappa shape index (κ2) is 9.27. The van der Waals surface area contributed by atoms with Crippen LogP contribution in [0.2, 0.25) is 0 Å². The molecule has 0 aromatic heterocycles. The molecule has 6 heteroatoms. The second-order valence-corrected chi connectivity index (χ2v) is 8.52. The molecule has 2 amide bonds. The lowest BCUT2D eigenvalue weighted by atomic mass is 10.1. The lowest BCUT2D eigenvalue weighted by Crippen LogP contribution is -2.34. The Labute approximate surface area is 176 Å². The standard InChI is InChI=1S/C23H27N3O2S/c1-5-12-26-22(28)20(14-21(27)24-18-9-7-6-8-16(18)3)29-23(26)25-19-13-15(2)10-11-17(19)4/h6-11,13,20H,5,12,14H2,1-4H3,(H,24,27)/t20-/m1/s1. The molecule has 0 unspecified atom stereocenters. The number of para-hydroxylation sites is 1. The minimum absolute atomic E-state index is 0.0409. The highest BCUT2D eigenvalue weighted by Crippen LogP contribution is 2.33. The van der Waals surface area contributed by atoms with E-state index in [1.165, 1.54) is 11.8 Å². The number of aryl methyl sites for hydroxylation is 3. The zero-order chi connectivity index (χ0) is 21.0. The molecular formula is C23H27N3O2S. The highest BCUT2D eigenvalue weighted by molar-refractivity contribution is 8.15. The van der Waals surface area contributed by atoms with Crippen LogP contribution in [-0.4, -0.2) is 33.7 Å². The molecule has 5 nitrogen and oxygen atoms in total. The molecule has 1 aliphatic rings. The van der Waals surface area contributed by atoms with Gasteiger partial charge in [0, 0.05) is 18.7 Å². The molecule has 1 atom stereocenters. The van der Waals surface area contributed by atoms with Gasteiger partial charge in [0.2, 0.25) is 11.8 Å². The third kappa shape index (κ3) is 5.07. The number of benzene rings is 2. The third-order valence-corrected chi connectivity index (χ3v) is 6.01. The van der Waals surface area contributed by atoms with Crippen LogP contribution in [0.4, 0.5) is 11.4 Å². The number of hydrogen-bond acceptors (Lipinski definition) is 4. The van der Waals surface area contributed by atoms with Crippen LogP contribution in [0.25, 0.3) is 0 Å². The number of carbonyl (C=O) groups is 2.